The summed E-state index contributed by atoms with van der Waals surface area (Å²) in [5.74, 6) is 0.998. The van der Waals surface area contributed by atoms with E-state index in [1.54, 1.807) is 0 Å². The minimum absolute atomic E-state index is 0.446. The predicted octanol–water partition coefficient (Wildman–Crippen LogP) is 2.71. The number of carbonyl (C=O) groups is 1. The molecule has 0 radical (unpaired) electrons. The number of hydrogen-bond acceptors (Lipinski definition) is 1. The monoisotopic (exact) mass is 152 g/mol. The maximum atomic E-state index is 11.0. The van der Waals surface area contributed by atoms with Crippen molar-refractivity contribution >= 4 is 5.78 Å². The van der Waals surface area contributed by atoms with Gasteiger partial charge in [-0.25, -0.2) is 0 Å². The molecule has 1 aliphatic carbocycles. The first kappa shape index (κ1) is 8.51. The van der Waals surface area contributed by atoms with Crippen LogP contribution in [0.1, 0.15) is 39.0 Å². The van der Waals surface area contributed by atoms with Crippen molar-refractivity contribution in [3.63, 3.8) is 0 Å². The van der Waals surface area contributed by atoms with Crippen LogP contribution in [0.2, 0.25) is 0 Å². The Morgan fingerprint density at radius 1 is 1.64 bits per heavy atom. The largest absolute Gasteiger partial charge is 0.300 e. The minimum atomic E-state index is 0.446. The van der Waals surface area contributed by atoms with E-state index in [1.807, 2.05) is 0 Å². The summed E-state index contributed by atoms with van der Waals surface area (Å²) in [6, 6.07) is 0. The zero-order valence-corrected chi connectivity index (χ0v) is 7.18. The van der Waals surface area contributed by atoms with Gasteiger partial charge in [-0.15, -0.1) is 0 Å². The summed E-state index contributed by atoms with van der Waals surface area (Å²) < 4.78 is 0. The van der Waals surface area contributed by atoms with Gasteiger partial charge < -0.3 is 0 Å². The standard InChI is InChI=1S/C10H16O/c1-2-3-5-9-6-4-7-10(11)8-9/h3,5,9H,2,4,6-8H2,1H3/b5-3+. The molecule has 0 aliphatic heterocycles. The lowest BCUT2D eigenvalue weighted by atomic mass is 9.88. The zero-order valence-electron chi connectivity index (χ0n) is 7.18. The Labute approximate surface area is 68.5 Å². The second kappa shape index (κ2) is 4.32. The van der Waals surface area contributed by atoms with E-state index in [0.29, 0.717) is 11.7 Å². The molecule has 1 saturated carbocycles. The predicted molar refractivity (Wildman–Crippen MR) is 46.4 cm³/mol. The normalized spacial score (nSPS) is 26.3. The van der Waals surface area contributed by atoms with Crippen molar-refractivity contribution in [2.24, 2.45) is 5.92 Å². The lowest BCUT2D eigenvalue weighted by molar-refractivity contribution is -0.121. The molecule has 1 nitrogen and oxygen atoms in total. The van der Waals surface area contributed by atoms with Crippen LogP contribution in [0.3, 0.4) is 0 Å². The zero-order chi connectivity index (χ0) is 8.10. The summed E-state index contributed by atoms with van der Waals surface area (Å²) >= 11 is 0. The number of carbonyl (C=O) groups excluding carboxylic acids is 1. The van der Waals surface area contributed by atoms with Crippen molar-refractivity contribution in [1.29, 1.82) is 0 Å². The van der Waals surface area contributed by atoms with Crippen molar-refractivity contribution in [2.45, 2.75) is 39.0 Å². The van der Waals surface area contributed by atoms with E-state index in [1.165, 1.54) is 6.42 Å². The van der Waals surface area contributed by atoms with Gasteiger partial charge in [-0.1, -0.05) is 19.1 Å². The first-order valence-corrected chi connectivity index (χ1v) is 4.51. The highest BCUT2D eigenvalue weighted by Gasteiger charge is 2.16. The Bertz CT molecular complexity index is 158. The van der Waals surface area contributed by atoms with Gasteiger partial charge in [0.15, 0.2) is 0 Å². The highest BCUT2D eigenvalue weighted by Crippen LogP contribution is 2.22. The summed E-state index contributed by atoms with van der Waals surface area (Å²) in [6.45, 7) is 2.13. The maximum Gasteiger partial charge on any atom is 0.133 e. The third kappa shape index (κ3) is 2.87. The summed E-state index contributed by atoms with van der Waals surface area (Å²) in [5, 5.41) is 0. The van der Waals surface area contributed by atoms with Crippen LogP contribution in [0, 0.1) is 5.92 Å². The van der Waals surface area contributed by atoms with E-state index < -0.39 is 0 Å². The van der Waals surface area contributed by atoms with Gasteiger partial charge in [-0.05, 0) is 25.2 Å². The quantitative estimate of drug-likeness (QED) is 0.556. The SMILES string of the molecule is CC/C=C/C1CCCC(=O)C1. The lowest BCUT2D eigenvalue weighted by Gasteiger charge is -2.16. The lowest BCUT2D eigenvalue weighted by Crippen LogP contribution is -2.12. The number of allylic oxidation sites excluding steroid dienone is 2. The Kier molecular flexibility index (Phi) is 3.34. The van der Waals surface area contributed by atoms with Gasteiger partial charge in [-0.3, -0.25) is 4.79 Å². The summed E-state index contributed by atoms with van der Waals surface area (Å²) in [6.07, 6.45) is 9.37. The summed E-state index contributed by atoms with van der Waals surface area (Å²) in [5.41, 5.74) is 0. The van der Waals surface area contributed by atoms with Gasteiger partial charge in [0.2, 0.25) is 0 Å². The van der Waals surface area contributed by atoms with Crippen LogP contribution in [0.4, 0.5) is 0 Å². The van der Waals surface area contributed by atoms with E-state index in [-0.39, 0.29) is 0 Å². The average molecular weight is 152 g/mol. The molecule has 11 heavy (non-hydrogen) atoms. The van der Waals surface area contributed by atoms with Gasteiger partial charge in [0.25, 0.3) is 0 Å². The summed E-state index contributed by atoms with van der Waals surface area (Å²) in [4.78, 5) is 11.0. The van der Waals surface area contributed by atoms with Crippen LogP contribution in [0.15, 0.2) is 12.2 Å². The van der Waals surface area contributed by atoms with E-state index in [0.717, 1.165) is 25.7 Å². The smallest absolute Gasteiger partial charge is 0.133 e. The Hall–Kier alpha value is -0.590. The van der Waals surface area contributed by atoms with Crippen LogP contribution in [0.5, 0.6) is 0 Å². The maximum absolute atomic E-state index is 11.0. The molecule has 0 aromatic heterocycles. The Balaban J connectivity index is 2.34. The topological polar surface area (TPSA) is 17.1 Å². The van der Waals surface area contributed by atoms with Gasteiger partial charge in [-0.2, -0.15) is 0 Å². The van der Waals surface area contributed by atoms with E-state index in [9.17, 15) is 4.79 Å². The number of ketones is 1. The van der Waals surface area contributed by atoms with Crippen molar-refractivity contribution in [1.82, 2.24) is 0 Å². The molecule has 1 fully saturated rings. The van der Waals surface area contributed by atoms with Crippen LogP contribution in [-0.2, 0) is 4.79 Å². The van der Waals surface area contributed by atoms with Crippen molar-refractivity contribution < 1.29 is 4.79 Å². The van der Waals surface area contributed by atoms with E-state index >= 15 is 0 Å². The fourth-order valence-corrected chi connectivity index (χ4v) is 1.55. The molecule has 1 unspecified atom stereocenters. The van der Waals surface area contributed by atoms with E-state index in [4.69, 9.17) is 0 Å². The Morgan fingerprint density at radius 3 is 3.09 bits per heavy atom. The molecule has 0 bridgehead atoms. The second-order valence-corrected chi connectivity index (χ2v) is 3.23. The fourth-order valence-electron chi connectivity index (χ4n) is 1.55. The van der Waals surface area contributed by atoms with Gasteiger partial charge in [0.1, 0.15) is 5.78 Å². The van der Waals surface area contributed by atoms with Crippen molar-refractivity contribution in [3.8, 4) is 0 Å². The molecule has 0 aromatic rings. The highest BCUT2D eigenvalue weighted by molar-refractivity contribution is 5.79. The third-order valence-corrected chi connectivity index (χ3v) is 2.16. The minimum Gasteiger partial charge on any atom is -0.300 e. The first-order valence-electron chi connectivity index (χ1n) is 4.51. The fraction of sp³-hybridized carbons (Fsp3) is 0.700. The van der Waals surface area contributed by atoms with Crippen molar-refractivity contribution in [2.75, 3.05) is 0 Å². The second-order valence-electron chi connectivity index (χ2n) is 3.23. The molecule has 1 atom stereocenters. The summed E-state index contributed by atoms with van der Waals surface area (Å²) in [7, 11) is 0. The van der Waals surface area contributed by atoms with Gasteiger partial charge >= 0.3 is 0 Å². The molecule has 1 aliphatic rings. The molecule has 0 heterocycles. The van der Waals surface area contributed by atoms with Crippen LogP contribution < -0.4 is 0 Å². The van der Waals surface area contributed by atoms with Crippen molar-refractivity contribution in [3.05, 3.63) is 12.2 Å². The average Bonchev–Trinajstić information content (AvgIpc) is 2.01. The number of Topliss-reactive ketones (excluding diaryl/α,β-unsaturated/α-hetero) is 1. The molecule has 0 spiro atoms. The third-order valence-electron chi connectivity index (χ3n) is 2.16. The molecule has 0 aromatic carbocycles. The molecular formula is C10H16O. The van der Waals surface area contributed by atoms with Crippen LogP contribution >= 0.6 is 0 Å². The van der Waals surface area contributed by atoms with Crippen LogP contribution in [0.25, 0.3) is 0 Å². The van der Waals surface area contributed by atoms with Gasteiger partial charge in [0.05, 0.1) is 0 Å². The highest BCUT2D eigenvalue weighted by atomic mass is 16.1. The van der Waals surface area contributed by atoms with Gasteiger partial charge in [0, 0.05) is 12.8 Å². The van der Waals surface area contributed by atoms with E-state index in [2.05, 4.69) is 19.1 Å². The molecule has 0 amide bonds. The number of hydrogen-bond donors (Lipinski definition) is 0. The van der Waals surface area contributed by atoms with Crippen LogP contribution in [-0.4, -0.2) is 5.78 Å². The number of rotatable bonds is 2. The molecule has 1 heteroatoms. The Morgan fingerprint density at radius 2 is 2.45 bits per heavy atom. The molecule has 1 rings (SSSR count). The first-order chi connectivity index (χ1) is 5.33. The molecular weight excluding hydrogens is 136 g/mol. The molecule has 62 valence electrons. The molecule has 0 N–H and O–H groups in total. The molecule has 0 saturated heterocycles.